The molecular formula is C13H11BrFN3O2S2. The Kier molecular flexibility index (Phi) is 5.54. The van der Waals surface area contributed by atoms with Gasteiger partial charge in [0.15, 0.2) is 5.13 Å². The average Bonchev–Trinajstić information content (AvgIpc) is 2.76. The Morgan fingerprint density at radius 1 is 1.50 bits per heavy atom. The lowest BCUT2D eigenvalue weighted by Crippen LogP contribution is -2.13. The highest BCUT2D eigenvalue weighted by atomic mass is 79.9. The van der Waals surface area contributed by atoms with E-state index in [4.69, 9.17) is 5.73 Å². The fraction of sp³-hybridized carbons (Fsp3) is 0.154. The van der Waals surface area contributed by atoms with Crippen molar-refractivity contribution in [3.8, 4) is 0 Å². The summed E-state index contributed by atoms with van der Waals surface area (Å²) in [6.07, 6.45) is 0. The molecule has 0 saturated carbocycles. The minimum Gasteiger partial charge on any atom is -0.369 e. The predicted octanol–water partition coefficient (Wildman–Crippen LogP) is 3.18. The minimum absolute atomic E-state index is 0.0672. The number of aryl methyl sites for hydroxylation is 1. The largest absolute Gasteiger partial charge is 0.369 e. The molecule has 0 atom stereocenters. The van der Waals surface area contributed by atoms with Gasteiger partial charge in [-0.25, -0.2) is 9.37 Å². The van der Waals surface area contributed by atoms with E-state index in [0.717, 1.165) is 4.21 Å². The summed E-state index contributed by atoms with van der Waals surface area (Å²) in [6, 6.07) is 4.19. The van der Waals surface area contributed by atoms with Gasteiger partial charge in [-0.05, 0) is 25.1 Å². The number of benzene rings is 1. The van der Waals surface area contributed by atoms with Gasteiger partial charge in [0.1, 0.15) is 5.82 Å². The molecule has 22 heavy (non-hydrogen) atoms. The van der Waals surface area contributed by atoms with Crippen molar-refractivity contribution < 1.29 is 14.0 Å². The SMILES string of the molecule is Cc1nc(NC(=O)c2ccc(Br)cc2F)sc1SCC(N)=O. The molecule has 0 radical (unpaired) electrons. The summed E-state index contributed by atoms with van der Waals surface area (Å²) in [7, 11) is 0. The Bertz CT molecular complexity index is 736. The van der Waals surface area contributed by atoms with Crippen LogP contribution >= 0.6 is 39.0 Å². The first-order valence-corrected chi connectivity index (χ1v) is 8.61. The summed E-state index contributed by atoms with van der Waals surface area (Å²) in [5, 5.41) is 2.90. The second-order valence-corrected chi connectivity index (χ2v) is 7.38. The van der Waals surface area contributed by atoms with Crippen molar-refractivity contribution in [1.29, 1.82) is 0 Å². The molecular weight excluding hydrogens is 393 g/mol. The van der Waals surface area contributed by atoms with Gasteiger partial charge in [-0.3, -0.25) is 14.9 Å². The number of amides is 2. The van der Waals surface area contributed by atoms with Crippen molar-refractivity contribution in [2.75, 3.05) is 11.1 Å². The van der Waals surface area contributed by atoms with Crippen LogP contribution in [0.2, 0.25) is 0 Å². The number of nitrogens with two attached hydrogens (primary N) is 1. The second kappa shape index (κ2) is 7.21. The fourth-order valence-corrected chi connectivity index (χ4v) is 3.75. The zero-order valence-corrected chi connectivity index (χ0v) is 14.6. The first kappa shape index (κ1) is 16.9. The van der Waals surface area contributed by atoms with Crippen molar-refractivity contribution in [1.82, 2.24) is 4.98 Å². The summed E-state index contributed by atoms with van der Waals surface area (Å²) in [4.78, 5) is 27.0. The number of thiazole rings is 1. The van der Waals surface area contributed by atoms with Crippen LogP contribution < -0.4 is 11.1 Å². The third kappa shape index (κ3) is 4.28. The molecule has 9 heteroatoms. The number of rotatable bonds is 5. The molecule has 0 bridgehead atoms. The molecule has 0 aliphatic carbocycles. The molecule has 1 aromatic heterocycles. The first-order valence-electron chi connectivity index (χ1n) is 6.01. The van der Waals surface area contributed by atoms with E-state index in [1.165, 1.54) is 35.2 Å². The number of hydrogen-bond donors (Lipinski definition) is 2. The summed E-state index contributed by atoms with van der Waals surface area (Å²) >= 11 is 5.60. The molecule has 3 N–H and O–H groups in total. The lowest BCUT2D eigenvalue weighted by molar-refractivity contribution is -0.115. The van der Waals surface area contributed by atoms with Gasteiger partial charge in [-0.2, -0.15) is 0 Å². The Balaban J connectivity index is 2.11. The maximum Gasteiger partial charge on any atom is 0.260 e. The van der Waals surface area contributed by atoms with Crippen LogP contribution in [0, 0.1) is 12.7 Å². The van der Waals surface area contributed by atoms with Crippen LogP contribution in [0.15, 0.2) is 26.9 Å². The van der Waals surface area contributed by atoms with Crippen LogP contribution in [0.5, 0.6) is 0 Å². The molecule has 1 heterocycles. The highest BCUT2D eigenvalue weighted by Crippen LogP contribution is 2.32. The molecule has 2 rings (SSSR count). The molecule has 0 saturated heterocycles. The van der Waals surface area contributed by atoms with Crippen LogP contribution in [-0.2, 0) is 4.79 Å². The Labute approximate surface area is 142 Å². The van der Waals surface area contributed by atoms with Gasteiger partial charge >= 0.3 is 0 Å². The molecule has 2 amide bonds. The summed E-state index contributed by atoms with van der Waals surface area (Å²) in [5.41, 5.74) is 5.71. The average molecular weight is 404 g/mol. The molecule has 0 fully saturated rings. The third-order valence-corrected chi connectivity index (χ3v) is 5.45. The van der Waals surface area contributed by atoms with Crippen LogP contribution in [0.3, 0.4) is 0 Å². The number of hydrogen-bond acceptors (Lipinski definition) is 5. The van der Waals surface area contributed by atoms with Crippen molar-refractivity contribution in [2.45, 2.75) is 11.1 Å². The summed E-state index contributed by atoms with van der Waals surface area (Å²) < 4.78 is 15.1. The minimum atomic E-state index is -0.622. The lowest BCUT2D eigenvalue weighted by atomic mass is 10.2. The highest BCUT2D eigenvalue weighted by Gasteiger charge is 2.15. The predicted molar refractivity (Wildman–Crippen MR) is 88.8 cm³/mol. The topological polar surface area (TPSA) is 85.1 Å². The quantitative estimate of drug-likeness (QED) is 0.750. The molecule has 0 unspecified atom stereocenters. The number of anilines is 1. The van der Waals surface area contributed by atoms with Crippen LogP contribution in [0.1, 0.15) is 16.1 Å². The number of aromatic nitrogens is 1. The van der Waals surface area contributed by atoms with Gasteiger partial charge in [-0.15, -0.1) is 11.8 Å². The standard InChI is InChI=1S/C13H11BrFN3O2S2/c1-6-12(21-5-10(16)19)22-13(17-6)18-11(20)8-3-2-7(14)4-9(8)15/h2-4H,5H2,1H3,(H2,16,19)(H,17,18,20). The van der Waals surface area contributed by atoms with Gasteiger partial charge in [0.2, 0.25) is 5.91 Å². The van der Waals surface area contributed by atoms with E-state index in [2.05, 4.69) is 26.2 Å². The molecule has 0 spiro atoms. The second-order valence-electron chi connectivity index (χ2n) is 4.23. The molecule has 1 aromatic carbocycles. The highest BCUT2D eigenvalue weighted by molar-refractivity contribution is 9.10. The Morgan fingerprint density at radius 2 is 2.23 bits per heavy atom. The number of primary amides is 1. The van der Waals surface area contributed by atoms with E-state index in [9.17, 15) is 14.0 Å². The maximum atomic E-state index is 13.7. The van der Waals surface area contributed by atoms with Crippen molar-refractivity contribution in [3.05, 3.63) is 39.7 Å². The lowest BCUT2D eigenvalue weighted by Gasteiger charge is -2.03. The number of carbonyl (C=O) groups excluding carboxylic acids is 2. The van der Waals surface area contributed by atoms with Gasteiger partial charge in [-0.1, -0.05) is 27.3 Å². The van der Waals surface area contributed by atoms with E-state index in [1.807, 2.05) is 0 Å². The van der Waals surface area contributed by atoms with Gasteiger partial charge in [0.25, 0.3) is 5.91 Å². The Hall–Kier alpha value is -1.45. The van der Waals surface area contributed by atoms with E-state index < -0.39 is 17.6 Å². The van der Waals surface area contributed by atoms with Crippen molar-refractivity contribution in [3.63, 3.8) is 0 Å². The van der Waals surface area contributed by atoms with Gasteiger partial charge in [0.05, 0.1) is 21.2 Å². The molecule has 116 valence electrons. The number of carbonyl (C=O) groups is 2. The van der Waals surface area contributed by atoms with E-state index in [0.29, 0.717) is 15.3 Å². The van der Waals surface area contributed by atoms with Crippen molar-refractivity contribution in [2.24, 2.45) is 5.73 Å². The molecule has 0 aliphatic heterocycles. The number of nitrogens with one attached hydrogen (secondary N) is 1. The van der Waals surface area contributed by atoms with Crippen molar-refractivity contribution >= 4 is 56.0 Å². The van der Waals surface area contributed by atoms with Crippen LogP contribution in [0.25, 0.3) is 0 Å². The number of thioether (sulfide) groups is 1. The van der Waals surface area contributed by atoms with E-state index >= 15 is 0 Å². The zero-order chi connectivity index (χ0) is 16.3. The number of nitrogens with zero attached hydrogens (tertiary/aromatic N) is 1. The van der Waals surface area contributed by atoms with Gasteiger partial charge < -0.3 is 5.73 Å². The van der Waals surface area contributed by atoms with E-state index in [-0.39, 0.29) is 11.3 Å². The maximum absolute atomic E-state index is 13.7. The van der Waals surface area contributed by atoms with Gasteiger partial charge in [0, 0.05) is 4.47 Å². The smallest absolute Gasteiger partial charge is 0.260 e. The molecule has 5 nitrogen and oxygen atoms in total. The normalized spacial score (nSPS) is 10.5. The monoisotopic (exact) mass is 403 g/mol. The molecule has 0 aliphatic rings. The fourth-order valence-electron chi connectivity index (χ4n) is 1.54. The summed E-state index contributed by atoms with van der Waals surface area (Å²) in [5.74, 6) is -1.49. The number of halogens is 2. The van der Waals surface area contributed by atoms with Crippen LogP contribution in [0.4, 0.5) is 9.52 Å². The molecule has 2 aromatic rings. The van der Waals surface area contributed by atoms with E-state index in [1.54, 1.807) is 13.0 Å². The Morgan fingerprint density at radius 3 is 2.86 bits per heavy atom. The van der Waals surface area contributed by atoms with Crippen LogP contribution in [-0.4, -0.2) is 22.6 Å². The zero-order valence-electron chi connectivity index (χ0n) is 11.4. The first-order chi connectivity index (χ1) is 10.4. The third-order valence-electron chi connectivity index (χ3n) is 2.50. The summed E-state index contributed by atoms with van der Waals surface area (Å²) in [6.45, 7) is 1.76.